The summed E-state index contributed by atoms with van der Waals surface area (Å²) in [4.78, 5) is 29.7. The van der Waals surface area contributed by atoms with E-state index in [2.05, 4.69) is 10.3 Å². The van der Waals surface area contributed by atoms with E-state index in [1.165, 1.54) is 12.3 Å². The molecule has 2 heterocycles. The molecule has 0 spiro atoms. The molecule has 1 aliphatic carbocycles. The largest absolute Gasteiger partial charge is 0.339 e. The van der Waals surface area contributed by atoms with Crippen molar-refractivity contribution in [1.82, 2.24) is 9.88 Å². The maximum atomic E-state index is 13.5. The Kier molecular flexibility index (Phi) is 3.86. The summed E-state index contributed by atoms with van der Waals surface area (Å²) in [6.07, 6.45) is 7.04. The van der Waals surface area contributed by atoms with Crippen LogP contribution in [0.15, 0.2) is 18.5 Å². The van der Waals surface area contributed by atoms with E-state index in [1.807, 2.05) is 4.90 Å². The lowest BCUT2D eigenvalue weighted by atomic mass is 10.1. The Hall–Kier alpha value is -1.98. The van der Waals surface area contributed by atoms with Gasteiger partial charge in [0.15, 0.2) is 5.82 Å². The number of carbonyl (C=O) groups excluding carboxylic acids is 2. The summed E-state index contributed by atoms with van der Waals surface area (Å²) in [7, 11) is 0. The number of aromatic nitrogens is 1. The molecular formula is C15H18FN3O2. The molecule has 1 saturated carbocycles. The fourth-order valence-electron chi connectivity index (χ4n) is 3.19. The molecule has 112 valence electrons. The average molecular weight is 291 g/mol. The SMILES string of the molecule is O=C(Nc1ccncc1F)C1CC(=O)N(C2CCCC2)C1. The quantitative estimate of drug-likeness (QED) is 0.926. The number of nitrogens with zero attached hydrogens (tertiary/aromatic N) is 2. The smallest absolute Gasteiger partial charge is 0.229 e. The lowest BCUT2D eigenvalue weighted by molar-refractivity contribution is -0.129. The van der Waals surface area contributed by atoms with Gasteiger partial charge in [0.2, 0.25) is 11.8 Å². The Bertz CT molecular complexity index is 558. The van der Waals surface area contributed by atoms with Crippen molar-refractivity contribution < 1.29 is 14.0 Å². The second-order valence-electron chi connectivity index (χ2n) is 5.73. The molecule has 21 heavy (non-hydrogen) atoms. The van der Waals surface area contributed by atoms with Gasteiger partial charge in [-0.1, -0.05) is 12.8 Å². The molecule has 6 heteroatoms. The third kappa shape index (κ3) is 2.89. The molecule has 5 nitrogen and oxygen atoms in total. The minimum absolute atomic E-state index is 0.0391. The molecule has 0 bridgehead atoms. The third-order valence-corrected chi connectivity index (χ3v) is 4.33. The van der Waals surface area contributed by atoms with E-state index in [4.69, 9.17) is 0 Å². The molecular weight excluding hydrogens is 273 g/mol. The maximum absolute atomic E-state index is 13.5. The molecule has 0 aromatic carbocycles. The van der Waals surface area contributed by atoms with E-state index in [0.717, 1.165) is 31.9 Å². The summed E-state index contributed by atoms with van der Waals surface area (Å²) >= 11 is 0. The lowest BCUT2D eigenvalue weighted by Crippen LogP contribution is -2.35. The van der Waals surface area contributed by atoms with Crippen LogP contribution in [-0.4, -0.2) is 34.3 Å². The topological polar surface area (TPSA) is 62.3 Å². The molecule has 1 atom stereocenters. The summed E-state index contributed by atoms with van der Waals surface area (Å²) in [5, 5.41) is 2.55. The van der Waals surface area contributed by atoms with Crippen LogP contribution in [-0.2, 0) is 9.59 Å². The van der Waals surface area contributed by atoms with Crippen LogP contribution >= 0.6 is 0 Å². The van der Waals surface area contributed by atoms with Gasteiger partial charge in [-0.3, -0.25) is 14.6 Å². The Morgan fingerprint density at radius 1 is 1.38 bits per heavy atom. The summed E-state index contributed by atoms with van der Waals surface area (Å²) in [5.41, 5.74) is 0.113. The van der Waals surface area contributed by atoms with Gasteiger partial charge < -0.3 is 10.2 Å². The number of rotatable bonds is 3. The highest BCUT2D eigenvalue weighted by Crippen LogP contribution is 2.30. The Morgan fingerprint density at radius 3 is 2.86 bits per heavy atom. The fourth-order valence-corrected chi connectivity index (χ4v) is 3.19. The van der Waals surface area contributed by atoms with Gasteiger partial charge in [-0.05, 0) is 18.9 Å². The van der Waals surface area contributed by atoms with Crippen molar-refractivity contribution in [1.29, 1.82) is 0 Å². The van der Waals surface area contributed by atoms with Crippen LogP contribution < -0.4 is 5.32 Å². The molecule has 1 aromatic heterocycles. The highest BCUT2D eigenvalue weighted by Gasteiger charge is 2.38. The molecule has 2 fully saturated rings. The lowest BCUT2D eigenvalue weighted by Gasteiger charge is -2.23. The van der Waals surface area contributed by atoms with Crippen LogP contribution in [0, 0.1) is 11.7 Å². The van der Waals surface area contributed by atoms with Crippen LogP contribution in [0.4, 0.5) is 10.1 Å². The second-order valence-corrected chi connectivity index (χ2v) is 5.73. The maximum Gasteiger partial charge on any atom is 0.229 e. The summed E-state index contributed by atoms with van der Waals surface area (Å²) in [5.74, 6) is -1.22. The monoisotopic (exact) mass is 291 g/mol. The summed E-state index contributed by atoms with van der Waals surface area (Å²) in [6, 6.07) is 1.70. The van der Waals surface area contributed by atoms with Gasteiger partial charge in [-0.25, -0.2) is 4.39 Å². The van der Waals surface area contributed by atoms with E-state index in [1.54, 1.807) is 0 Å². The van der Waals surface area contributed by atoms with Crippen LogP contribution in [0.5, 0.6) is 0 Å². The van der Waals surface area contributed by atoms with Gasteiger partial charge in [0, 0.05) is 25.2 Å². The first-order chi connectivity index (χ1) is 10.1. The van der Waals surface area contributed by atoms with E-state index in [9.17, 15) is 14.0 Å². The van der Waals surface area contributed by atoms with Gasteiger partial charge >= 0.3 is 0 Å². The number of pyridine rings is 1. The zero-order valence-corrected chi connectivity index (χ0v) is 11.7. The zero-order valence-electron chi connectivity index (χ0n) is 11.7. The second kappa shape index (κ2) is 5.79. The molecule has 0 radical (unpaired) electrons. The van der Waals surface area contributed by atoms with Crippen molar-refractivity contribution in [3.05, 3.63) is 24.3 Å². The predicted molar refractivity (Wildman–Crippen MR) is 74.9 cm³/mol. The number of anilines is 1. The molecule has 3 rings (SSSR count). The minimum Gasteiger partial charge on any atom is -0.339 e. The molecule has 1 aromatic rings. The van der Waals surface area contributed by atoms with Gasteiger partial charge in [-0.2, -0.15) is 0 Å². The van der Waals surface area contributed by atoms with Crippen LogP contribution in [0.1, 0.15) is 32.1 Å². The molecule has 1 saturated heterocycles. The van der Waals surface area contributed by atoms with Crippen LogP contribution in [0.25, 0.3) is 0 Å². The van der Waals surface area contributed by atoms with E-state index in [0.29, 0.717) is 6.54 Å². The normalized spacial score (nSPS) is 22.8. The molecule has 1 N–H and O–H groups in total. The van der Waals surface area contributed by atoms with Crippen LogP contribution in [0.2, 0.25) is 0 Å². The average Bonchev–Trinajstić information content (AvgIpc) is 3.10. The number of amides is 2. The predicted octanol–water partition coefficient (Wildman–Crippen LogP) is 1.95. The first kappa shape index (κ1) is 14.0. The van der Waals surface area contributed by atoms with Gasteiger partial charge in [0.25, 0.3) is 0 Å². The molecule has 1 unspecified atom stereocenters. The van der Waals surface area contributed by atoms with Crippen molar-refractivity contribution in [2.75, 3.05) is 11.9 Å². The number of carbonyl (C=O) groups is 2. The number of nitrogens with one attached hydrogen (secondary N) is 1. The fraction of sp³-hybridized carbons (Fsp3) is 0.533. The van der Waals surface area contributed by atoms with Gasteiger partial charge in [-0.15, -0.1) is 0 Å². The first-order valence-corrected chi connectivity index (χ1v) is 7.35. The Labute approximate surface area is 122 Å². The number of hydrogen-bond acceptors (Lipinski definition) is 3. The minimum atomic E-state index is -0.567. The van der Waals surface area contributed by atoms with Crippen molar-refractivity contribution in [3.63, 3.8) is 0 Å². The third-order valence-electron chi connectivity index (χ3n) is 4.33. The highest BCUT2D eigenvalue weighted by molar-refractivity contribution is 5.97. The Balaban J connectivity index is 1.64. The first-order valence-electron chi connectivity index (χ1n) is 7.35. The summed E-state index contributed by atoms with van der Waals surface area (Å²) in [6.45, 7) is 0.446. The van der Waals surface area contributed by atoms with Crippen LogP contribution in [0.3, 0.4) is 0 Å². The van der Waals surface area contributed by atoms with Gasteiger partial charge in [0.05, 0.1) is 17.8 Å². The Morgan fingerprint density at radius 2 is 2.14 bits per heavy atom. The zero-order chi connectivity index (χ0) is 14.8. The summed E-state index contributed by atoms with van der Waals surface area (Å²) < 4.78 is 13.5. The van der Waals surface area contributed by atoms with Crippen molar-refractivity contribution >= 4 is 17.5 Å². The number of hydrogen-bond donors (Lipinski definition) is 1. The van der Waals surface area contributed by atoms with E-state index < -0.39 is 11.7 Å². The molecule has 2 amide bonds. The highest BCUT2D eigenvalue weighted by atomic mass is 19.1. The number of likely N-dealkylation sites (tertiary alicyclic amines) is 1. The van der Waals surface area contributed by atoms with Crippen molar-refractivity contribution in [3.8, 4) is 0 Å². The van der Waals surface area contributed by atoms with Crippen molar-refractivity contribution in [2.45, 2.75) is 38.1 Å². The van der Waals surface area contributed by atoms with Gasteiger partial charge in [0.1, 0.15) is 0 Å². The van der Waals surface area contributed by atoms with E-state index in [-0.39, 0.29) is 30.0 Å². The van der Waals surface area contributed by atoms with E-state index >= 15 is 0 Å². The van der Waals surface area contributed by atoms with Crippen molar-refractivity contribution in [2.24, 2.45) is 5.92 Å². The molecule has 1 aliphatic heterocycles. The molecule has 2 aliphatic rings. The number of halogens is 1. The standard InChI is InChI=1S/C15H18FN3O2/c16-12-8-17-6-5-13(12)18-15(21)10-7-14(20)19(9-10)11-3-1-2-4-11/h5-6,8,10-11H,1-4,7,9H2,(H,17,18,21).